The maximum Gasteiger partial charge on any atom is 0.161 e. The number of fused-ring (bicyclic) bond motifs is 1. The predicted octanol–water partition coefficient (Wildman–Crippen LogP) is 3.41. The molecule has 20 heavy (non-hydrogen) atoms. The van der Waals surface area contributed by atoms with Gasteiger partial charge in [-0.3, -0.25) is 0 Å². The van der Waals surface area contributed by atoms with Gasteiger partial charge in [-0.25, -0.2) is 4.39 Å². The number of nitrogens with two attached hydrogens (primary N) is 1. The van der Waals surface area contributed by atoms with Crippen molar-refractivity contribution < 1.29 is 13.9 Å². The van der Waals surface area contributed by atoms with Crippen LogP contribution in [0.5, 0.6) is 11.5 Å². The van der Waals surface area contributed by atoms with E-state index in [0.29, 0.717) is 34.7 Å². The first kappa shape index (κ1) is 13.4. The minimum Gasteiger partial charge on any atom is -0.486 e. The van der Waals surface area contributed by atoms with Crippen molar-refractivity contribution >= 4 is 15.9 Å². The van der Waals surface area contributed by atoms with Crippen LogP contribution >= 0.6 is 15.9 Å². The van der Waals surface area contributed by atoms with Gasteiger partial charge in [0.1, 0.15) is 19.0 Å². The van der Waals surface area contributed by atoms with Crippen molar-refractivity contribution in [1.82, 2.24) is 0 Å². The standard InChI is InChI=1S/C15H13BrFNO2/c16-11-5-10(6-12(17)8-11)15(18)9-1-2-13-14(7-9)20-4-3-19-13/h1-2,5-8,15H,3-4,18H2. The van der Waals surface area contributed by atoms with Gasteiger partial charge in [-0.2, -0.15) is 0 Å². The molecule has 1 atom stereocenters. The molecule has 2 N–H and O–H groups in total. The molecule has 1 aliphatic rings. The molecule has 0 aromatic heterocycles. The highest BCUT2D eigenvalue weighted by atomic mass is 79.9. The molecule has 0 spiro atoms. The molecule has 0 fully saturated rings. The van der Waals surface area contributed by atoms with Crippen LogP contribution in [0.4, 0.5) is 4.39 Å². The lowest BCUT2D eigenvalue weighted by atomic mass is 9.99. The van der Waals surface area contributed by atoms with Crippen LogP contribution in [0.3, 0.4) is 0 Å². The van der Waals surface area contributed by atoms with Crippen molar-refractivity contribution in [1.29, 1.82) is 0 Å². The van der Waals surface area contributed by atoms with Gasteiger partial charge in [0.05, 0.1) is 6.04 Å². The van der Waals surface area contributed by atoms with E-state index in [9.17, 15) is 4.39 Å². The molecule has 0 aliphatic carbocycles. The number of hydrogen-bond acceptors (Lipinski definition) is 3. The Morgan fingerprint density at radius 1 is 1.00 bits per heavy atom. The average Bonchev–Trinajstić information content (AvgIpc) is 2.45. The van der Waals surface area contributed by atoms with Crippen molar-refractivity contribution in [3.05, 3.63) is 57.8 Å². The summed E-state index contributed by atoms with van der Waals surface area (Å²) >= 11 is 3.27. The van der Waals surface area contributed by atoms with Crippen LogP contribution in [0.2, 0.25) is 0 Å². The van der Waals surface area contributed by atoms with E-state index < -0.39 is 6.04 Å². The molecule has 2 aromatic carbocycles. The van der Waals surface area contributed by atoms with Crippen LogP contribution in [0.1, 0.15) is 17.2 Å². The lowest BCUT2D eigenvalue weighted by Crippen LogP contribution is -2.17. The number of rotatable bonds is 2. The minimum absolute atomic E-state index is 0.317. The van der Waals surface area contributed by atoms with Crippen LogP contribution in [-0.4, -0.2) is 13.2 Å². The Hall–Kier alpha value is -1.59. The Balaban J connectivity index is 1.95. The molecule has 3 nitrogen and oxygen atoms in total. The summed E-state index contributed by atoms with van der Waals surface area (Å²) in [7, 11) is 0. The summed E-state index contributed by atoms with van der Waals surface area (Å²) < 4.78 is 25.1. The third kappa shape index (κ3) is 2.64. The largest absolute Gasteiger partial charge is 0.486 e. The highest BCUT2D eigenvalue weighted by Crippen LogP contribution is 2.34. The normalized spacial score (nSPS) is 14.9. The fourth-order valence-electron chi connectivity index (χ4n) is 2.20. The third-order valence-corrected chi connectivity index (χ3v) is 3.63. The molecule has 1 heterocycles. The van der Waals surface area contributed by atoms with E-state index in [-0.39, 0.29) is 5.82 Å². The van der Waals surface area contributed by atoms with E-state index in [1.165, 1.54) is 12.1 Å². The van der Waals surface area contributed by atoms with Crippen LogP contribution in [-0.2, 0) is 0 Å². The maximum atomic E-state index is 13.4. The van der Waals surface area contributed by atoms with Gasteiger partial charge in [-0.05, 0) is 41.5 Å². The highest BCUT2D eigenvalue weighted by Gasteiger charge is 2.16. The minimum atomic E-state index is -0.419. The first-order chi connectivity index (χ1) is 9.63. The number of hydrogen-bond donors (Lipinski definition) is 1. The van der Waals surface area contributed by atoms with E-state index in [2.05, 4.69) is 15.9 Å². The summed E-state index contributed by atoms with van der Waals surface area (Å²) in [4.78, 5) is 0. The quantitative estimate of drug-likeness (QED) is 0.913. The molecule has 2 aromatic rings. The van der Waals surface area contributed by atoms with Gasteiger partial charge in [0.2, 0.25) is 0 Å². The Morgan fingerprint density at radius 2 is 1.75 bits per heavy atom. The van der Waals surface area contributed by atoms with Gasteiger partial charge >= 0.3 is 0 Å². The van der Waals surface area contributed by atoms with Gasteiger partial charge in [0, 0.05) is 4.47 Å². The van der Waals surface area contributed by atoms with Gasteiger partial charge in [-0.15, -0.1) is 0 Å². The smallest absolute Gasteiger partial charge is 0.161 e. The van der Waals surface area contributed by atoms with Crippen molar-refractivity contribution in [2.45, 2.75) is 6.04 Å². The fourth-order valence-corrected chi connectivity index (χ4v) is 2.68. The van der Waals surface area contributed by atoms with Gasteiger partial charge in [0.15, 0.2) is 11.5 Å². The molecule has 104 valence electrons. The number of halogens is 2. The summed E-state index contributed by atoms with van der Waals surface area (Å²) in [5.41, 5.74) is 7.76. The van der Waals surface area contributed by atoms with E-state index in [1.807, 2.05) is 24.3 Å². The van der Waals surface area contributed by atoms with Gasteiger partial charge in [0.25, 0.3) is 0 Å². The maximum absolute atomic E-state index is 13.4. The SMILES string of the molecule is NC(c1cc(F)cc(Br)c1)c1ccc2c(c1)OCCO2. The Morgan fingerprint density at radius 3 is 2.50 bits per heavy atom. The Labute approximate surface area is 124 Å². The molecule has 0 saturated carbocycles. The molecule has 0 radical (unpaired) electrons. The van der Waals surface area contributed by atoms with E-state index in [4.69, 9.17) is 15.2 Å². The first-order valence-electron chi connectivity index (χ1n) is 6.24. The Kier molecular flexibility index (Phi) is 3.63. The Bertz CT molecular complexity index is 628. The van der Waals surface area contributed by atoms with Crippen LogP contribution in [0.25, 0.3) is 0 Å². The second-order valence-corrected chi connectivity index (χ2v) is 5.50. The molecule has 0 amide bonds. The van der Waals surface area contributed by atoms with Crippen LogP contribution in [0, 0.1) is 5.82 Å². The number of benzene rings is 2. The summed E-state index contributed by atoms with van der Waals surface area (Å²) in [6, 6.07) is 9.78. The summed E-state index contributed by atoms with van der Waals surface area (Å²) in [5.74, 6) is 1.08. The van der Waals surface area contributed by atoms with Crippen molar-refractivity contribution in [2.24, 2.45) is 5.73 Å². The molecule has 5 heteroatoms. The van der Waals surface area contributed by atoms with Crippen molar-refractivity contribution in [3.8, 4) is 11.5 Å². The summed E-state index contributed by atoms with van der Waals surface area (Å²) in [6.45, 7) is 1.08. The molecule has 3 rings (SSSR count). The van der Waals surface area contributed by atoms with Gasteiger partial charge < -0.3 is 15.2 Å². The molecular formula is C15H13BrFNO2. The van der Waals surface area contributed by atoms with E-state index >= 15 is 0 Å². The monoisotopic (exact) mass is 337 g/mol. The lowest BCUT2D eigenvalue weighted by molar-refractivity contribution is 0.171. The van der Waals surface area contributed by atoms with E-state index in [0.717, 1.165) is 5.56 Å². The predicted molar refractivity (Wildman–Crippen MR) is 77.6 cm³/mol. The average molecular weight is 338 g/mol. The van der Waals surface area contributed by atoms with Crippen molar-refractivity contribution in [2.75, 3.05) is 13.2 Å². The molecule has 0 bridgehead atoms. The summed E-state index contributed by atoms with van der Waals surface area (Å²) in [5, 5.41) is 0. The zero-order valence-electron chi connectivity index (χ0n) is 10.6. The zero-order chi connectivity index (χ0) is 14.1. The second kappa shape index (κ2) is 5.42. The summed E-state index contributed by atoms with van der Waals surface area (Å²) in [6.07, 6.45) is 0. The second-order valence-electron chi connectivity index (χ2n) is 4.58. The third-order valence-electron chi connectivity index (χ3n) is 3.17. The molecular weight excluding hydrogens is 325 g/mol. The fraction of sp³-hybridized carbons (Fsp3) is 0.200. The topological polar surface area (TPSA) is 44.5 Å². The molecule has 0 saturated heterocycles. The first-order valence-corrected chi connectivity index (χ1v) is 7.04. The van der Waals surface area contributed by atoms with E-state index in [1.54, 1.807) is 0 Å². The van der Waals surface area contributed by atoms with Crippen LogP contribution < -0.4 is 15.2 Å². The highest BCUT2D eigenvalue weighted by molar-refractivity contribution is 9.10. The zero-order valence-corrected chi connectivity index (χ0v) is 12.2. The molecule has 1 unspecified atom stereocenters. The van der Waals surface area contributed by atoms with Crippen LogP contribution in [0.15, 0.2) is 40.9 Å². The lowest BCUT2D eigenvalue weighted by Gasteiger charge is -2.20. The van der Waals surface area contributed by atoms with Gasteiger partial charge in [-0.1, -0.05) is 22.0 Å². The molecule has 1 aliphatic heterocycles. The van der Waals surface area contributed by atoms with Crippen molar-refractivity contribution in [3.63, 3.8) is 0 Å². The number of ether oxygens (including phenoxy) is 2.